The second-order valence-electron chi connectivity index (χ2n) is 5.56. The molecule has 0 saturated carbocycles. The van der Waals surface area contributed by atoms with Gasteiger partial charge in [-0.2, -0.15) is 0 Å². The third kappa shape index (κ3) is 2.62. The Morgan fingerprint density at radius 3 is 2.57 bits per heavy atom. The number of rotatable bonds is 3. The van der Waals surface area contributed by atoms with Crippen molar-refractivity contribution >= 4 is 5.69 Å². The number of ether oxygens (including phenoxy) is 1. The molecule has 0 aliphatic carbocycles. The van der Waals surface area contributed by atoms with Crippen LogP contribution in [0, 0.1) is 5.82 Å². The van der Waals surface area contributed by atoms with E-state index in [-0.39, 0.29) is 12.0 Å². The minimum absolute atomic E-state index is 0.134. The van der Waals surface area contributed by atoms with Crippen LogP contribution in [0.15, 0.2) is 73.1 Å². The zero-order valence-corrected chi connectivity index (χ0v) is 12.6. The average Bonchev–Trinajstić information content (AvgIpc) is 3.25. The summed E-state index contributed by atoms with van der Waals surface area (Å²) < 4.78 is 21.6. The van der Waals surface area contributed by atoms with E-state index < -0.39 is 0 Å². The van der Waals surface area contributed by atoms with E-state index in [1.165, 1.54) is 6.07 Å². The molecule has 0 N–H and O–H groups in total. The number of aromatic nitrogens is 1. The van der Waals surface area contributed by atoms with E-state index in [9.17, 15) is 4.39 Å². The van der Waals surface area contributed by atoms with E-state index in [1.807, 2.05) is 42.7 Å². The van der Waals surface area contributed by atoms with Gasteiger partial charge in [0.25, 0.3) is 0 Å². The van der Waals surface area contributed by atoms with Crippen LogP contribution in [0.4, 0.5) is 10.1 Å². The summed E-state index contributed by atoms with van der Waals surface area (Å²) in [5, 5.41) is 0. The first-order valence-corrected chi connectivity index (χ1v) is 7.69. The van der Waals surface area contributed by atoms with Crippen LogP contribution in [0.5, 0.6) is 0 Å². The fraction of sp³-hybridized carbons (Fsp3) is 0.158. The smallest absolute Gasteiger partial charge is 0.158 e. The summed E-state index contributed by atoms with van der Waals surface area (Å²) in [6, 6.07) is 19.0. The highest BCUT2D eigenvalue weighted by molar-refractivity contribution is 5.49. The van der Waals surface area contributed by atoms with Crippen molar-refractivity contribution in [3.8, 4) is 5.69 Å². The molecule has 3 aromatic rings. The molecule has 116 valence electrons. The van der Waals surface area contributed by atoms with Crippen molar-refractivity contribution in [3.05, 3.63) is 84.4 Å². The minimum Gasteiger partial charge on any atom is -0.352 e. The Morgan fingerprint density at radius 2 is 1.74 bits per heavy atom. The normalized spacial score (nSPS) is 17.6. The molecule has 1 atom stereocenters. The zero-order chi connectivity index (χ0) is 15.6. The molecule has 3 nitrogen and oxygen atoms in total. The highest BCUT2D eigenvalue weighted by Crippen LogP contribution is 2.32. The van der Waals surface area contributed by atoms with Crippen LogP contribution < -0.4 is 4.90 Å². The van der Waals surface area contributed by atoms with Crippen LogP contribution in [0.2, 0.25) is 0 Å². The van der Waals surface area contributed by atoms with Gasteiger partial charge in [-0.15, -0.1) is 0 Å². The van der Waals surface area contributed by atoms with Gasteiger partial charge in [0.1, 0.15) is 5.82 Å². The van der Waals surface area contributed by atoms with E-state index >= 15 is 0 Å². The summed E-state index contributed by atoms with van der Waals surface area (Å²) in [4.78, 5) is 2.22. The van der Waals surface area contributed by atoms with Gasteiger partial charge in [-0.25, -0.2) is 4.39 Å². The van der Waals surface area contributed by atoms with Gasteiger partial charge in [0.15, 0.2) is 6.23 Å². The number of hydrogen-bond donors (Lipinski definition) is 0. The number of anilines is 1. The van der Waals surface area contributed by atoms with Crippen LogP contribution in [0.3, 0.4) is 0 Å². The predicted molar refractivity (Wildman–Crippen MR) is 88.2 cm³/mol. The monoisotopic (exact) mass is 308 g/mol. The van der Waals surface area contributed by atoms with Gasteiger partial charge in [0, 0.05) is 30.2 Å². The molecule has 0 bridgehead atoms. The van der Waals surface area contributed by atoms with Crippen molar-refractivity contribution in [3.63, 3.8) is 0 Å². The Balaban J connectivity index is 1.65. The molecule has 0 radical (unpaired) electrons. The molecular formula is C19H17FN2O. The fourth-order valence-corrected chi connectivity index (χ4v) is 3.00. The Kier molecular flexibility index (Phi) is 3.60. The highest BCUT2D eigenvalue weighted by Gasteiger charge is 2.27. The molecule has 1 saturated heterocycles. The maximum Gasteiger partial charge on any atom is 0.158 e. The van der Waals surface area contributed by atoms with Crippen molar-refractivity contribution in [1.82, 2.24) is 4.57 Å². The summed E-state index contributed by atoms with van der Waals surface area (Å²) in [6.07, 6.45) is 3.67. The van der Waals surface area contributed by atoms with Gasteiger partial charge in [-0.3, -0.25) is 0 Å². The second kappa shape index (κ2) is 5.89. The molecule has 1 fully saturated rings. The highest BCUT2D eigenvalue weighted by atomic mass is 19.1. The molecule has 0 amide bonds. The molecule has 1 aliphatic rings. The first-order chi connectivity index (χ1) is 11.3. The van der Waals surface area contributed by atoms with Crippen molar-refractivity contribution in [1.29, 1.82) is 0 Å². The lowest BCUT2D eigenvalue weighted by Gasteiger charge is -2.24. The van der Waals surface area contributed by atoms with Gasteiger partial charge in [0.2, 0.25) is 0 Å². The van der Waals surface area contributed by atoms with Crippen LogP contribution >= 0.6 is 0 Å². The molecule has 2 aromatic carbocycles. The number of hydrogen-bond acceptors (Lipinski definition) is 2. The summed E-state index contributed by atoms with van der Waals surface area (Å²) in [6.45, 7) is 1.53. The Hall–Kier alpha value is -2.59. The minimum atomic E-state index is -0.234. The molecule has 1 aliphatic heterocycles. The van der Waals surface area contributed by atoms with Crippen LogP contribution in [0.25, 0.3) is 5.69 Å². The zero-order valence-electron chi connectivity index (χ0n) is 12.6. The molecule has 23 heavy (non-hydrogen) atoms. The maximum absolute atomic E-state index is 13.9. The van der Waals surface area contributed by atoms with Gasteiger partial charge < -0.3 is 14.2 Å². The maximum atomic E-state index is 13.9. The van der Waals surface area contributed by atoms with Gasteiger partial charge in [-0.1, -0.05) is 30.3 Å². The topological polar surface area (TPSA) is 17.4 Å². The molecule has 2 heterocycles. The lowest BCUT2D eigenvalue weighted by Crippen LogP contribution is -2.22. The molecular weight excluding hydrogens is 291 g/mol. The van der Waals surface area contributed by atoms with Crippen molar-refractivity contribution in [2.24, 2.45) is 0 Å². The van der Waals surface area contributed by atoms with Crippen molar-refractivity contribution < 1.29 is 9.13 Å². The summed E-state index contributed by atoms with van der Waals surface area (Å²) in [7, 11) is 0. The average molecular weight is 308 g/mol. The molecule has 4 heteroatoms. The number of para-hydroxylation sites is 2. The lowest BCUT2D eigenvalue weighted by atomic mass is 10.2. The first kappa shape index (κ1) is 14.0. The van der Waals surface area contributed by atoms with Gasteiger partial charge in [0.05, 0.1) is 12.3 Å². The van der Waals surface area contributed by atoms with Crippen LogP contribution in [0.1, 0.15) is 11.8 Å². The summed E-state index contributed by atoms with van der Waals surface area (Å²) in [5.41, 5.74) is 2.70. The van der Waals surface area contributed by atoms with Gasteiger partial charge >= 0.3 is 0 Å². The standard InChI is InChI=1S/C19H17FN2O/c20-17-8-4-5-9-18(17)21-11-10-15(14-21)19-22(12-13-23-19)16-6-2-1-3-7-16/h1-11,14,19H,12-13H2/t19-/m0/s1. The fourth-order valence-electron chi connectivity index (χ4n) is 3.00. The van der Waals surface area contributed by atoms with E-state index in [4.69, 9.17) is 4.74 Å². The van der Waals surface area contributed by atoms with Crippen LogP contribution in [-0.2, 0) is 4.74 Å². The molecule has 4 rings (SSSR count). The van der Waals surface area contributed by atoms with Crippen molar-refractivity contribution in [2.45, 2.75) is 6.23 Å². The first-order valence-electron chi connectivity index (χ1n) is 7.69. The quantitative estimate of drug-likeness (QED) is 0.723. The van der Waals surface area contributed by atoms with E-state index in [1.54, 1.807) is 16.7 Å². The molecule has 1 aromatic heterocycles. The summed E-state index contributed by atoms with van der Waals surface area (Å²) >= 11 is 0. The third-order valence-electron chi connectivity index (χ3n) is 4.11. The van der Waals surface area contributed by atoms with E-state index in [2.05, 4.69) is 17.0 Å². The Morgan fingerprint density at radius 1 is 0.957 bits per heavy atom. The molecule has 0 unspecified atom stereocenters. The number of benzene rings is 2. The summed E-state index contributed by atoms with van der Waals surface area (Å²) in [5.74, 6) is -0.234. The largest absolute Gasteiger partial charge is 0.352 e. The predicted octanol–water partition coefficient (Wildman–Crippen LogP) is 4.15. The molecule has 0 spiro atoms. The SMILES string of the molecule is Fc1ccccc1-n1ccc([C@@H]2OCCN2c2ccccc2)c1. The number of nitrogens with zero attached hydrogens (tertiary/aromatic N) is 2. The Labute approximate surface area is 134 Å². The van der Waals surface area contributed by atoms with E-state index in [0.29, 0.717) is 12.3 Å². The van der Waals surface area contributed by atoms with Crippen molar-refractivity contribution in [2.75, 3.05) is 18.1 Å². The second-order valence-corrected chi connectivity index (χ2v) is 5.56. The lowest BCUT2D eigenvalue weighted by molar-refractivity contribution is 0.114. The number of halogens is 1. The Bertz CT molecular complexity index is 800. The third-order valence-corrected chi connectivity index (χ3v) is 4.11. The van der Waals surface area contributed by atoms with Gasteiger partial charge in [-0.05, 0) is 30.3 Å². The van der Waals surface area contributed by atoms with Crippen LogP contribution in [-0.4, -0.2) is 17.7 Å². The van der Waals surface area contributed by atoms with E-state index in [0.717, 1.165) is 17.8 Å².